The van der Waals surface area contributed by atoms with Crippen molar-refractivity contribution >= 4 is 0 Å². The van der Waals surface area contributed by atoms with Gasteiger partial charge in [-0.2, -0.15) is 10.5 Å². The van der Waals surface area contributed by atoms with E-state index in [2.05, 4.69) is 24.0 Å². The van der Waals surface area contributed by atoms with Crippen LogP contribution in [0.4, 0.5) is 0 Å². The summed E-state index contributed by atoms with van der Waals surface area (Å²) < 4.78 is 0. The maximum atomic E-state index is 9.00. The highest BCUT2D eigenvalue weighted by atomic mass is 15.4. The largest absolute Gasteiger partial charge is 0.292 e. The van der Waals surface area contributed by atoms with Crippen LogP contribution in [0.15, 0.2) is 0 Å². The molecule has 0 aromatic heterocycles. The Morgan fingerprint density at radius 3 is 2.43 bits per heavy atom. The van der Waals surface area contributed by atoms with Gasteiger partial charge in [-0.15, -0.1) is 0 Å². The fourth-order valence-electron chi connectivity index (χ4n) is 1.75. The van der Waals surface area contributed by atoms with Crippen LogP contribution in [0.5, 0.6) is 0 Å². The van der Waals surface area contributed by atoms with Crippen LogP contribution < -0.4 is 0 Å². The van der Waals surface area contributed by atoms with Gasteiger partial charge in [0.1, 0.15) is 0 Å². The molecular formula is C11H17N3. The second-order valence-corrected chi connectivity index (χ2v) is 4.40. The fourth-order valence-corrected chi connectivity index (χ4v) is 1.75. The molecule has 2 atom stereocenters. The molecule has 1 rings (SSSR count). The van der Waals surface area contributed by atoms with Gasteiger partial charge < -0.3 is 0 Å². The van der Waals surface area contributed by atoms with E-state index >= 15 is 0 Å². The van der Waals surface area contributed by atoms with E-state index in [1.54, 1.807) is 6.92 Å². The van der Waals surface area contributed by atoms with Crippen molar-refractivity contribution < 1.29 is 0 Å². The molecule has 14 heavy (non-hydrogen) atoms. The normalized spacial score (nSPS) is 30.5. The van der Waals surface area contributed by atoms with E-state index in [-0.39, 0.29) is 5.54 Å². The van der Waals surface area contributed by atoms with E-state index in [4.69, 9.17) is 10.5 Å². The summed E-state index contributed by atoms with van der Waals surface area (Å²) in [6, 6.07) is 4.27. The lowest BCUT2D eigenvalue weighted by Crippen LogP contribution is -2.34. The van der Waals surface area contributed by atoms with Crippen LogP contribution in [0.1, 0.15) is 33.6 Å². The molecule has 3 heteroatoms. The van der Waals surface area contributed by atoms with Crippen molar-refractivity contribution in [2.45, 2.75) is 39.2 Å². The van der Waals surface area contributed by atoms with Gasteiger partial charge >= 0.3 is 0 Å². The maximum Gasteiger partial charge on any atom is 0.160 e. The predicted octanol–water partition coefficient (Wildman–Crippen LogP) is 1.91. The molecule has 0 aromatic carbocycles. The van der Waals surface area contributed by atoms with Crippen molar-refractivity contribution in [3.05, 3.63) is 0 Å². The standard InChI is InChI=1S/C11H17N3/c1-4-5-6-14-9-11(14,3)10(2,7-12)8-13/h4-6,9H2,1-3H3. The SMILES string of the molecule is CCCCN1CC1(C)C(C)(C#N)C#N. The average molecular weight is 191 g/mol. The van der Waals surface area contributed by atoms with Gasteiger partial charge in [-0.1, -0.05) is 13.3 Å². The van der Waals surface area contributed by atoms with Crippen molar-refractivity contribution in [2.75, 3.05) is 13.1 Å². The third kappa shape index (κ3) is 1.49. The molecule has 0 radical (unpaired) electrons. The Morgan fingerprint density at radius 2 is 2.00 bits per heavy atom. The smallest absolute Gasteiger partial charge is 0.160 e. The van der Waals surface area contributed by atoms with Crippen molar-refractivity contribution in [3.63, 3.8) is 0 Å². The molecule has 0 saturated carbocycles. The van der Waals surface area contributed by atoms with Gasteiger partial charge in [-0.3, -0.25) is 4.90 Å². The Hall–Kier alpha value is -1.06. The topological polar surface area (TPSA) is 50.6 Å². The lowest BCUT2D eigenvalue weighted by molar-refractivity contribution is 0.314. The Kier molecular flexibility index (Phi) is 2.83. The summed E-state index contributed by atoms with van der Waals surface area (Å²) in [5.74, 6) is 0. The number of nitrogens with zero attached hydrogens (tertiary/aromatic N) is 3. The van der Waals surface area contributed by atoms with Crippen LogP contribution in [-0.4, -0.2) is 23.5 Å². The van der Waals surface area contributed by atoms with E-state index in [9.17, 15) is 0 Å². The Morgan fingerprint density at radius 1 is 1.43 bits per heavy atom. The molecular weight excluding hydrogens is 174 g/mol. The van der Waals surface area contributed by atoms with Crippen LogP contribution in [0, 0.1) is 28.1 Å². The van der Waals surface area contributed by atoms with E-state index < -0.39 is 5.41 Å². The molecule has 1 aliphatic heterocycles. The number of rotatable bonds is 4. The molecule has 1 aliphatic rings. The average Bonchev–Trinajstić information content (AvgIpc) is 2.87. The lowest BCUT2D eigenvalue weighted by Gasteiger charge is -2.22. The molecule has 1 fully saturated rings. The summed E-state index contributed by atoms with van der Waals surface area (Å²) in [7, 11) is 0. The molecule has 2 unspecified atom stereocenters. The zero-order chi connectivity index (χ0) is 10.8. The van der Waals surface area contributed by atoms with Crippen LogP contribution >= 0.6 is 0 Å². The molecule has 0 aromatic rings. The van der Waals surface area contributed by atoms with Crippen molar-refractivity contribution in [2.24, 2.45) is 5.41 Å². The predicted molar refractivity (Wildman–Crippen MR) is 54.2 cm³/mol. The third-order valence-electron chi connectivity index (χ3n) is 3.40. The lowest BCUT2D eigenvalue weighted by atomic mass is 9.80. The van der Waals surface area contributed by atoms with Gasteiger partial charge in [-0.05, 0) is 26.8 Å². The summed E-state index contributed by atoms with van der Waals surface area (Å²) in [6.07, 6.45) is 2.30. The van der Waals surface area contributed by atoms with E-state index in [1.165, 1.54) is 0 Å². The molecule has 1 saturated heterocycles. The van der Waals surface area contributed by atoms with Crippen molar-refractivity contribution in [1.82, 2.24) is 4.90 Å². The first-order valence-corrected chi connectivity index (χ1v) is 5.11. The zero-order valence-corrected chi connectivity index (χ0v) is 9.17. The summed E-state index contributed by atoms with van der Waals surface area (Å²) in [5.41, 5.74) is -1.08. The number of unbranched alkanes of at least 4 members (excludes halogenated alkanes) is 1. The second-order valence-electron chi connectivity index (χ2n) is 4.40. The van der Waals surface area contributed by atoms with Gasteiger partial charge in [0.2, 0.25) is 0 Å². The Bertz CT molecular complexity index is 283. The highest BCUT2D eigenvalue weighted by Gasteiger charge is 2.60. The minimum absolute atomic E-state index is 0.217. The van der Waals surface area contributed by atoms with Crippen LogP contribution in [-0.2, 0) is 0 Å². The Balaban J connectivity index is 2.64. The zero-order valence-electron chi connectivity index (χ0n) is 9.17. The monoisotopic (exact) mass is 191 g/mol. The molecule has 76 valence electrons. The quantitative estimate of drug-likeness (QED) is 0.638. The maximum absolute atomic E-state index is 9.00. The first-order valence-electron chi connectivity index (χ1n) is 5.11. The minimum Gasteiger partial charge on any atom is -0.292 e. The third-order valence-corrected chi connectivity index (χ3v) is 3.40. The first kappa shape index (κ1) is 11.0. The van der Waals surface area contributed by atoms with Crippen molar-refractivity contribution in [3.8, 4) is 12.1 Å². The molecule has 0 bridgehead atoms. The van der Waals surface area contributed by atoms with E-state index in [0.717, 1.165) is 25.9 Å². The van der Waals surface area contributed by atoms with Crippen LogP contribution in [0.3, 0.4) is 0 Å². The molecule has 0 aliphatic carbocycles. The molecule has 0 amide bonds. The van der Waals surface area contributed by atoms with Gasteiger partial charge in [0.05, 0.1) is 17.7 Å². The Labute approximate surface area is 85.9 Å². The number of hydrogen-bond acceptors (Lipinski definition) is 3. The highest BCUT2D eigenvalue weighted by Crippen LogP contribution is 2.46. The van der Waals surface area contributed by atoms with Crippen molar-refractivity contribution in [1.29, 1.82) is 10.5 Å². The summed E-state index contributed by atoms with van der Waals surface area (Å²) >= 11 is 0. The highest BCUT2D eigenvalue weighted by molar-refractivity contribution is 5.29. The van der Waals surface area contributed by atoms with E-state index in [1.807, 2.05) is 6.92 Å². The molecule has 3 nitrogen and oxygen atoms in total. The fraction of sp³-hybridized carbons (Fsp3) is 0.818. The minimum atomic E-state index is -0.860. The van der Waals surface area contributed by atoms with Gasteiger partial charge in [-0.25, -0.2) is 0 Å². The van der Waals surface area contributed by atoms with Crippen LogP contribution in [0.2, 0.25) is 0 Å². The second kappa shape index (κ2) is 3.59. The summed E-state index contributed by atoms with van der Waals surface area (Å²) in [6.45, 7) is 7.78. The van der Waals surface area contributed by atoms with Gasteiger partial charge in [0.25, 0.3) is 0 Å². The number of nitriles is 2. The summed E-state index contributed by atoms with van der Waals surface area (Å²) in [4.78, 5) is 2.23. The molecule has 0 spiro atoms. The van der Waals surface area contributed by atoms with Gasteiger partial charge in [0, 0.05) is 6.54 Å². The van der Waals surface area contributed by atoms with Gasteiger partial charge in [0.15, 0.2) is 5.41 Å². The number of hydrogen-bond donors (Lipinski definition) is 0. The summed E-state index contributed by atoms with van der Waals surface area (Å²) in [5, 5.41) is 18.0. The molecule has 1 heterocycles. The first-order chi connectivity index (χ1) is 6.54. The van der Waals surface area contributed by atoms with E-state index in [0.29, 0.717) is 0 Å². The molecule has 0 N–H and O–H groups in total. The van der Waals surface area contributed by atoms with Crippen LogP contribution in [0.25, 0.3) is 0 Å².